The summed E-state index contributed by atoms with van der Waals surface area (Å²) in [7, 11) is 0. The van der Waals surface area contributed by atoms with Crippen molar-refractivity contribution in [3.63, 3.8) is 0 Å². The molecule has 3 unspecified atom stereocenters. The molecule has 2 aliphatic heterocycles. The number of hydrogen-bond donors (Lipinski definition) is 2. The van der Waals surface area contributed by atoms with E-state index in [0.717, 1.165) is 26.2 Å². The second-order valence-corrected chi connectivity index (χ2v) is 4.06. The molecule has 2 aliphatic rings. The van der Waals surface area contributed by atoms with Gasteiger partial charge in [0.15, 0.2) is 0 Å². The zero-order valence-electron chi connectivity index (χ0n) is 8.09. The predicted molar refractivity (Wildman–Crippen MR) is 50.6 cm³/mol. The van der Waals surface area contributed by atoms with Crippen molar-refractivity contribution in [3.8, 4) is 0 Å². The first kappa shape index (κ1) is 9.37. The smallest absolute Gasteiger partial charge is 0.106 e. The number of nitrogens with zero attached hydrogens (tertiary/aromatic N) is 1. The van der Waals surface area contributed by atoms with Crippen molar-refractivity contribution < 1.29 is 4.39 Å². The van der Waals surface area contributed by atoms with Gasteiger partial charge in [0, 0.05) is 44.3 Å². The van der Waals surface area contributed by atoms with Gasteiger partial charge >= 0.3 is 0 Å². The molecule has 2 N–H and O–H groups in total. The minimum Gasteiger partial charge on any atom is -0.311 e. The zero-order valence-corrected chi connectivity index (χ0v) is 8.09. The number of nitrogens with one attached hydrogen (secondary N) is 2. The highest BCUT2D eigenvalue weighted by atomic mass is 19.1. The molecule has 0 aromatic rings. The second kappa shape index (κ2) is 3.90. The SMILES string of the molecule is CC1NCC1N1CCNC(CF)C1. The number of hydrogen-bond acceptors (Lipinski definition) is 3. The van der Waals surface area contributed by atoms with Crippen molar-refractivity contribution in [2.45, 2.75) is 25.0 Å². The van der Waals surface area contributed by atoms with E-state index >= 15 is 0 Å². The van der Waals surface area contributed by atoms with Gasteiger partial charge in [0.05, 0.1) is 0 Å². The maximum Gasteiger partial charge on any atom is 0.106 e. The van der Waals surface area contributed by atoms with Crippen LogP contribution in [0, 0.1) is 0 Å². The van der Waals surface area contributed by atoms with Crippen LogP contribution in [-0.4, -0.2) is 55.9 Å². The fourth-order valence-electron chi connectivity index (χ4n) is 2.16. The third-order valence-electron chi connectivity index (χ3n) is 3.17. The van der Waals surface area contributed by atoms with Crippen LogP contribution in [-0.2, 0) is 0 Å². The molecular formula is C9H18FN3. The highest BCUT2D eigenvalue weighted by Gasteiger charge is 2.34. The minimum absolute atomic E-state index is 0.0570. The number of halogens is 1. The summed E-state index contributed by atoms with van der Waals surface area (Å²) in [6, 6.07) is 1.27. The molecule has 0 spiro atoms. The molecule has 0 radical (unpaired) electrons. The van der Waals surface area contributed by atoms with E-state index in [2.05, 4.69) is 22.5 Å². The summed E-state index contributed by atoms with van der Waals surface area (Å²) in [6.07, 6.45) is 0. The Morgan fingerprint density at radius 2 is 2.31 bits per heavy atom. The van der Waals surface area contributed by atoms with Gasteiger partial charge in [-0.15, -0.1) is 0 Å². The maximum absolute atomic E-state index is 12.4. The molecule has 2 heterocycles. The van der Waals surface area contributed by atoms with Gasteiger partial charge in [-0.05, 0) is 6.92 Å². The van der Waals surface area contributed by atoms with Crippen LogP contribution in [0.15, 0.2) is 0 Å². The lowest BCUT2D eigenvalue weighted by atomic mass is 9.99. The minimum atomic E-state index is -0.245. The fourth-order valence-corrected chi connectivity index (χ4v) is 2.16. The molecule has 2 fully saturated rings. The molecule has 0 bridgehead atoms. The average Bonchev–Trinajstić information content (AvgIpc) is 2.16. The first-order valence-electron chi connectivity index (χ1n) is 5.08. The molecule has 76 valence electrons. The Balaban J connectivity index is 1.85. The summed E-state index contributed by atoms with van der Waals surface area (Å²) in [5.74, 6) is 0. The Labute approximate surface area is 78.7 Å². The van der Waals surface area contributed by atoms with E-state index in [1.165, 1.54) is 0 Å². The normalized spacial score (nSPS) is 41.5. The number of alkyl halides is 1. The molecular weight excluding hydrogens is 169 g/mol. The second-order valence-electron chi connectivity index (χ2n) is 4.06. The van der Waals surface area contributed by atoms with Gasteiger partial charge in [-0.1, -0.05) is 0 Å². The lowest BCUT2D eigenvalue weighted by Gasteiger charge is -2.46. The Morgan fingerprint density at radius 3 is 2.85 bits per heavy atom. The Bertz CT molecular complexity index is 176. The van der Waals surface area contributed by atoms with E-state index in [0.29, 0.717) is 12.1 Å². The molecule has 3 atom stereocenters. The fraction of sp³-hybridized carbons (Fsp3) is 1.00. The van der Waals surface area contributed by atoms with Crippen LogP contribution in [0.5, 0.6) is 0 Å². The third kappa shape index (κ3) is 1.85. The van der Waals surface area contributed by atoms with E-state index in [4.69, 9.17) is 0 Å². The quantitative estimate of drug-likeness (QED) is 0.615. The molecule has 0 saturated carbocycles. The van der Waals surface area contributed by atoms with Crippen LogP contribution in [0.2, 0.25) is 0 Å². The number of piperazine rings is 1. The molecule has 0 amide bonds. The summed E-state index contributed by atoms with van der Waals surface area (Å²) in [5.41, 5.74) is 0. The van der Waals surface area contributed by atoms with E-state index in [1.54, 1.807) is 0 Å². The maximum atomic E-state index is 12.4. The van der Waals surface area contributed by atoms with Gasteiger partial charge in [-0.3, -0.25) is 4.90 Å². The summed E-state index contributed by atoms with van der Waals surface area (Å²) in [6.45, 7) is 5.88. The van der Waals surface area contributed by atoms with Crippen molar-refractivity contribution in [3.05, 3.63) is 0 Å². The van der Waals surface area contributed by atoms with Gasteiger partial charge in [0.2, 0.25) is 0 Å². The van der Waals surface area contributed by atoms with Gasteiger partial charge in [-0.2, -0.15) is 0 Å². The van der Waals surface area contributed by atoms with Gasteiger partial charge < -0.3 is 10.6 Å². The summed E-state index contributed by atoms with van der Waals surface area (Å²) in [4.78, 5) is 2.40. The van der Waals surface area contributed by atoms with Gasteiger partial charge in [0.25, 0.3) is 0 Å². The van der Waals surface area contributed by atoms with Crippen molar-refractivity contribution >= 4 is 0 Å². The van der Waals surface area contributed by atoms with Gasteiger partial charge in [-0.25, -0.2) is 4.39 Å². The van der Waals surface area contributed by atoms with Crippen molar-refractivity contribution in [1.82, 2.24) is 15.5 Å². The molecule has 2 saturated heterocycles. The average molecular weight is 187 g/mol. The lowest BCUT2D eigenvalue weighted by Crippen LogP contribution is -2.67. The molecule has 4 heteroatoms. The lowest BCUT2D eigenvalue weighted by molar-refractivity contribution is 0.0696. The Hall–Kier alpha value is -0.190. The molecule has 0 aromatic carbocycles. The van der Waals surface area contributed by atoms with E-state index < -0.39 is 0 Å². The van der Waals surface area contributed by atoms with E-state index in [1.807, 2.05) is 0 Å². The third-order valence-corrected chi connectivity index (χ3v) is 3.17. The van der Waals surface area contributed by atoms with E-state index in [9.17, 15) is 4.39 Å². The number of rotatable bonds is 2. The molecule has 13 heavy (non-hydrogen) atoms. The van der Waals surface area contributed by atoms with Crippen LogP contribution >= 0.6 is 0 Å². The standard InChI is InChI=1S/C9H18FN3/c1-7-9(5-12-7)13-3-2-11-8(4-10)6-13/h7-9,11-12H,2-6H2,1H3. The Kier molecular flexibility index (Phi) is 2.81. The molecule has 2 rings (SSSR count). The van der Waals surface area contributed by atoms with Crippen molar-refractivity contribution in [2.75, 3.05) is 32.9 Å². The van der Waals surface area contributed by atoms with Crippen molar-refractivity contribution in [2.24, 2.45) is 0 Å². The zero-order chi connectivity index (χ0) is 9.26. The van der Waals surface area contributed by atoms with Crippen LogP contribution in [0.1, 0.15) is 6.92 Å². The first-order chi connectivity index (χ1) is 6.31. The molecule has 0 aromatic heterocycles. The summed E-state index contributed by atoms with van der Waals surface area (Å²) < 4.78 is 12.4. The topological polar surface area (TPSA) is 27.3 Å². The Morgan fingerprint density at radius 1 is 1.46 bits per heavy atom. The van der Waals surface area contributed by atoms with E-state index in [-0.39, 0.29) is 12.7 Å². The molecule has 0 aliphatic carbocycles. The van der Waals surface area contributed by atoms with Gasteiger partial charge in [0.1, 0.15) is 6.67 Å². The summed E-state index contributed by atoms with van der Waals surface area (Å²) in [5, 5.41) is 6.51. The first-order valence-corrected chi connectivity index (χ1v) is 5.08. The van der Waals surface area contributed by atoms with Crippen LogP contribution in [0.3, 0.4) is 0 Å². The summed E-state index contributed by atoms with van der Waals surface area (Å²) >= 11 is 0. The largest absolute Gasteiger partial charge is 0.311 e. The van der Waals surface area contributed by atoms with Crippen molar-refractivity contribution in [1.29, 1.82) is 0 Å². The predicted octanol–water partition coefficient (Wildman–Crippen LogP) is -0.410. The molecule has 3 nitrogen and oxygen atoms in total. The monoisotopic (exact) mass is 187 g/mol. The van der Waals surface area contributed by atoms with Crippen LogP contribution in [0.25, 0.3) is 0 Å². The highest BCUT2D eigenvalue weighted by Crippen LogP contribution is 2.14. The highest BCUT2D eigenvalue weighted by molar-refractivity contribution is 4.95. The van der Waals surface area contributed by atoms with Crippen LogP contribution in [0.4, 0.5) is 4.39 Å². The van der Waals surface area contributed by atoms with Crippen LogP contribution < -0.4 is 10.6 Å².